The summed E-state index contributed by atoms with van der Waals surface area (Å²) >= 11 is 6.26. The van der Waals surface area contributed by atoms with Gasteiger partial charge in [0.25, 0.3) is 0 Å². The highest BCUT2D eigenvalue weighted by Gasteiger charge is 2.27. The van der Waals surface area contributed by atoms with E-state index in [4.69, 9.17) is 37.2 Å². The van der Waals surface area contributed by atoms with Gasteiger partial charge in [0.1, 0.15) is 27.9 Å². The number of hydrogen-bond acceptors (Lipinski definition) is 10. The maximum absolute atomic E-state index is 14.6. The summed E-state index contributed by atoms with van der Waals surface area (Å²) in [5.41, 5.74) is 8.54. The average Bonchev–Trinajstić information content (AvgIpc) is 3.40. The van der Waals surface area contributed by atoms with Gasteiger partial charge >= 0.3 is 6.01 Å². The molecule has 1 saturated heterocycles. The molecule has 6 rings (SSSR count). The predicted octanol–water partition coefficient (Wildman–Crippen LogP) is 4.76. The number of fused-ring (bicyclic) bond motifs is 2. The molecule has 0 atom stereocenters. The Morgan fingerprint density at radius 3 is 2.70 bits per heavy atom. The number of nitrogen functional groups attached to an aromatic ring is 1. The number of halogens is 2. The van der Waals surface area contributed by atoms with E-state index in [1.165, 1.54) is 12.3 Å². The van der Waals surface area contributed by atoms with Crippen molar-refractivity contribution in [2.45, 2.75) is 13.1 Å². The van der Waals surface area contributed by atoms with Crippen molar-refractivity contribution in [2.24, 2.45) is 0 Å². The molecule has 43 heavy (non-hydrogen) atoms. The van der Waals surface area contributed by atoms with E-state index in [0.717, 1.165) is 30.0 Å². The second-order valence-electron chi connectivity index (χ2n) is 10.3. The smallest absolute Gasteiger partial charge is 0.324 e. The lowest BCUT2D eigenvalue weighted by atomic mass is 10.1. The first-order valence-corrected chi connectivity index (χ1v) is 13.9. The summed E-state index contributed by atoms with van der Waals surface area (Å²) in [6, 6.07) is 8.70. The topological polar surface area (TPSA) is 134 Å². The monoisotopic (exact) mass is 602 g/mol. The van der Waals surface area contributed by atoms with Gasteiger partial charge in [-0.25, -0.2) is 9.37 Å². The van der Waals surface area contributed by atoms with E-state index in [0.29, 0.717) is 49.7 Å². The molecule has 0 unspecified atom stereocenters. The minimum absolute atomic E-state index is 0.000468. The first-order chi connectivity index (χ1) is 20.8. The molecule has 4 heterocycles. The number of nitrogens with zero attached hydrogens (tertiary/aromatic N) is 6. The van der Waals surface area contributed by atoms with E-state index in [1.807, 2.05) is 24.1 Å². The van der Waals surface area contributed by atoms with Crippen molar-refractivity contribution in [3.05, 3.63) is 76.7 Å². The Hall–Kier alpha value is -4.81. The Bertz CT molecular complexity index is 1780. The molecule has 0 aliphatic carbocycles. The Morgan fingerprint density at radius 2 is 1.95 bits per heavy atom. The number of piperazine rings is 1. The van der Waals surface area contributed by atoms with Crippen LogP contribution in [-0.4, -0.2) is 70.1 Å². The first kappa shape index (κ1) is 28.3. The molecule has 0 spiro atoms. The normalized spacial score (nSPS) is 15.0. The van der Waals surface area contributed by atoms with Crippen LogP contribution in [0, 0.1) is 11.2 Å². The van der Waals surface area contributed by atoms with Crippen LogP contribution in [0.15, 0.2) is 49.2 Å². The van der Waals surface area contributed by atoms with Crippen molar-refractivity contribution < 1.29 is 18.7 Å². The SMILES string of the molecule is C=CC(=O)N1CCN(c2nc(Oc3cccc4c3CN(C)C4)nc3c(Oc4c(Cl)c(F)cc(N)c4C=N)nccc23)CC1. The number of nitrogens with one attached hydrogen (secondary N) is 1. The van der Waals surface area contributed by atoms with Crippen LogP contribution in [0.5, 0.6) is 23.4 Å². The fourth-order valence-corrected chi connectivity index (χ4v) is 5.55. The van der Waals surface area contributed by atoms with Crippen LogP contribution in [-0.2, 0) is 17.9 Å². The summed E-state index contributed by atoms with van der Waals surface area (Å²) in [6.07, 6.45) is 3.76. The highest BCUT2D eigenvalue weighted by Crippen LogP contribution is 2.40. The number of carbonyl (C=O) groups excluding carboxylic acids is 1. The zero-order chi connectivity index (χ0) is 30.2. The molecule has 13 heteroatoms. The van der Waals surface area contributed by atoms with Crippen LogP contribution >= 0.6 is 11.6 Å². The van der Waals surface area contributed by atoms with Crippen LogP contribution in [0.25, 0.3) is 10.9 Å². The van der Waals surface area contributed by atoms with Crippen LogP contribution < -0.4 is 20.1 Å². The lowest BCUT2D eigenvalue weighted by Crippen LogP contribution is -2.48. The van der Waals surface area contributed by atoms with Gasteiger partial charge in [-0.1, -0.05) is 30.3 Å². The highest BCUT2D eigenvalue weighted by atomic mass is 35.5. The Balaban J connectivity index is 1.46. The number of pyridine rings is 1. The summed E-state index contributed by atoms with van der Waals surface area (Å²) in [5.74, 6) is 0.102. The zero-order valence-corrected chi connectivity index (χ0v) is 24.1. The van der Waals surface area contributed by atoms with Gasteiger partial charge in [-0.05, 0) is 36.9 Å². The van der Waals surface area contributed by atoms with E-state index < -0.39 is 5.82 Å². The van der Waals surface area contributed by atoms with Gasteiger partial charge in [0.15, 0.2) is 5.75 Å². The van der Waals surface area contributed by atoms with Gasteiger partial charge in [-0.3, -0.25) is 9.69 Å². The molecule has 0 radical (unpaired) electrons. The van der Waals surface area contributed by atoms with Gasteiger partial charge in [-0.15, -0.1) is 0 Å². The Morgan fingerprint density at radius 1 is 1.16 bits per heavy atom. The number of hydrogen-bond donors (Lipinski definition) is 2. The third-order valence-electron chi connectivity index (χ3n) is 7.50. The second kappa shape index (κ2) is 11.5. The van der Waals surface area contributed by atoms with Gasteiger partial charge in [0, 0.05) is 62.9 Å². The zero-order valence-electron chi connectivity index (χ0n) is 23.3. The van der Waals surface area contributed by atoms with Crippen molar-refractivity contribution >= 4 is 46.1 Å². The number of benzene rings is 2. The third kappa shape index (κ3) is 5.30. The summed E-state index contributed by atoms with van der Waals surface area (Å²) in [4.78, 5) is 32.0. The van der Waals surface area contributed by atoms with Gasteiger partial charge in [0.05, 0.1) is 10.9 Å². The van der Waals surface area contributed by atoms with E-state index in [9.17, 15) is 9.18 Å². The van der Waals surface area contributed by atoms with E-state index in [1.54, 1.807) is 11.0 Å². The van der Waals surface area contributed by atoms with Crippen LogP contribution in [0.4, 0.5) is 15.9 Å². The molecule has 2 aromatic carbocycles. The Labute approximate surface area is 251 Å². The lowest BCUT2D eigenvalue weighted by molar-refractivity contribution is -0.126. The summed E-state index contributed by atoms with van der Waals surface area (Å²) in [5, 5.41) is 8.06. The molecule has 2 aliphatic heterocycles. The summed E-state index contributed by atoms with van der Waals surface area (Å²) in [7, 11) is 2.04. The van der Waals surface area contributed by atoms with Gasteiger partial charge in [-0.2, -0.15) is 9.97 Å². The van der Waals surface area contributed by atoms with Crippen molar-refractivity contribution in [2.75, 3.05) is 43.9 Å². The molecule has 4 aromatic rings. The molecule has 220 valence electrons. The Kier molecular flexibility index (Phi) is 7.55. The van der Waals surface area contributed by atoms with Gasteiger partial charge < -0.3 is 30.4 Å². The fraction of sp³-hybridized carbons (Fsp3) is 0.233. The molecule has 0 saturated carbocycles. The number of carbonyl (C=O) groups is 1. The maximum Gasteiger partial charge on any atom is 0.324 e. The number of aromatic nitrogens is 3. The maximum atomic E-state index is 14.6. The van der Waals surface area contributed by atoms with Crippen LogP contribution in [0.1, 0.15) is 16.7 Å². The van der Waals surface area contributed by atoms with Crippen molar-refractivity contribution in [3.63, 3.8) is 0 Å². The summed E-state index contributed by atoms with van der Waals surface area (Å²) < 4.78 is 26.9. The standard InChI is InChI=1S/C30H28ClFN8O3/c1-3-24(41)39-9-11-40(12-10-39)28-18-7-8-35-29(43-27-19(14-33)22(34)13-21(32)25(27)31)26(18)36-30(37-28)42-23-6-4-5-17-15-38(2)16-20(17)23/h3-8,13-14,33H,1,9-12,15-16,34H2,2H3. The van der Waals surface area contributed by atoms with Crippen LogP contribution in [0.3, 0.4) is 0 Å². The van der Waals surface area contributed by atoms with Crippen molar-refractivity contribution in [1.29, 1.82) is 5.41 Å². The van der Waals surface area contributed by atoms with E-state index in [-0.39, 0.29) is 45.3 Å². The fourth-order valence-electron chi connectivity index (χ4n) is 5.35. The minimum Gasteiger partial charge on any atom is -0.434 e. The van der Waals surface area contributed by atoms with Crippen molar-refractivity contribution in [1.82, 2.24) is 24.8 Å². The van der Waals surface area contributed by atoms with Crippen LogP contribution in [0.2, 0.25) is 5.02 Å². The molecule has 11 nitrogen and oxygen atoms in total. The van der Waals surface area contributed by atoms with Crippen molar-refractivity contribution in [3.8, 4) is 23.4 Å². The third-order valence-corrected chi connectivity index (χ3v) is 7.85. The lowest BCUT2D eigenvalue weighted by Gasteiger charge is -2.35. The number of nitrogens with two attached hydrogens (primary N) is 1. The average molecular weight is 603 g/mol. The molecule has 2 aliphatic rings. The quantitative estimate of drug-likeness (QED) is 0.174. The number of amides is 1. The highest BCUT2D eigenvalue weighted by molar-refractivity contribution is 6.33. The molecular formula is C30H28ClFN8O3. The second-order valence-corrected chi connectivity index (χ2v) is 10.7. The largest absolute Gasteiger partial charge is 0.434 e. The van der Waals surface area contributed by atoms with E-state index in [2.05, 4.69) is 27.5 Å². The molecule has 1 fully saturated rings. The van der Waals surface area contributed by atoms with Gasteiger partial charge in [0.2, 0.25) is 11.8 Å². The summed E-state index contributed by atoms with van der Waals surface area (Å²) in [6.45, 7) is 7.05. The molecule has 0 bridgehead atoms. The minimum atomic E-state index is -0.797. The molecule has 1 amide bonds. The van der Waals surface area contributed by atoms with E-state index >= 15 is 0 Å². The molecular weight excluding hydrogens is 575 g/mol. The molecule has 3 N–H and O–H groups in total. The predicted molar refractivity (Wildman–Crippen MR) is 162 cm³/mol. The number of anilines is 2. The number of ether oxygens (including phenoxy) is 2. The molecule has 2 aromatic heterocycles. The number of rotatable bonds is 7. The first-order valence-electron chi connectivity index (χ1n) is 13.5.